The lowest BCUT2D eigenvalue weighted by Gasteiger charge is -2.34. The molecule has 0 saturated heterocycles. The molecule has 1 rings (SSSR count). The van der Waals surface area contributed by atoms with Crippen molar-refractivity contribution in [1.82, 2.24) is 14.7 Å². The van der Waals surface area contributed by atoms with Gasteiger partial charge >= 0.3 is 29.8 Å². The summed E-state index contributed by atoms with van der Waals surface area (Å²) in [6.45, 7) is 3.33. The van der Waals surface area contributed by atoms with E-state index in [0.717, 1.165) is 22.4 Å². The molecular weight excluding hydrogens is 514 g/mol. The Hall–Kier alpha value is -3.55. The SMILES string of the molecule is CC(C)(C)Cc1ccc(CC(CN(CCN(CC(=O)O)CC(=O)O)CC(=O)O)N(CC(=O)O)CC(=O)O)cc1. The van der Waals surface area contributed by atoms with Gasteiger partial charge in [-0.15, -0.1) is 0 Å². The Morgan fingerprint density at radius 2 is 1.03 bits per heavy atom. The maximum Gasteiger partial charge on any atom is 0.317 e. The molecule has 0 aliphatic rings. The molecule has 0 aromatic heterocycles. The first-order valence-corrected chi connectivity index (χ1v) is 12.4. The molecule has 5 N–H and O–H groups in total. The molecule has 0 radical (unpaired) electrons. The van der Waals surface area contributed by atoms with E-state index in [0.29, 0.717) is 0 Å². The highest BCUT2D eigenvalue weighted by Gasteiger charge is 2.27. The second-order valence-corrected chi connectivity index (χ2v) is 10.7. The summed E-state index contributed by atoms with van der Waals surface area (Å²) in [6.07, 6.45) is 1.05. The molecule has 0 saturated carbocycles. The van der Waals surface area contributed by atoms with Gasteiger partial charge in [0.05, 0.1) is 32.7 Å². The monoisotopic (exact) mass is 553 g/mol. The van der Waals surface area contributed by atoms with Crippen LogP contribution in [-0.2, 0) is 36.8 Å². The zero-order valence-corrected chi connectivity index (χ0v) is 22.6. The van der Waals surface area contributed by atoms with Gasteiger partial charge in [-0.1, -0.05) is 45.0 Å². The molecule has 0 heterocycles. The molecular formula is C26H39N3O10. The molecule has 13 nitrogen and oxygen atoms in total. The molecule has 1 aromatic carbocycles. The molecule has 1 aromatic rings. The quantitative estimate of drug-likeness (QED) is 0.159. The molecule has 0 fully saturated rings. The largest absolute Gasteiger partial charge is 0.480 e. The molecule has 0 bridgehead atoms. The van der Waals surface area contributed by atoms with E-state index in [-0.39, 0.29) is 31.5 Å². The fourth-order valence-corrected chi connectivity index (χ4v) is 4.25. The maximum absolute atomic E-state index is 11.6. The van der Waals surface area contributed by atoms with Crippen LogP contribution >= 0.6 is 0 Å². The third kappa shape index (κ3) is 15.5. The van der Waals surface area contributed by atoms with Crippen molar-refractivity contribution in [3.05, 3.63) is 35.4 Å². The van der Waals surface area contributed by atoms with Crippen LogP contribution in [0.1, 0.15) is 31.9 Å². The van der Waals surface area contributed by atoms with Gasteiger partial charge in [0.15, 0.2) is 0 Å². The van der Waals surface area contributed by atoms with Gasteiger partial charge in [0, 0.05) is 25.7 Å². The van der Waals surface area contributed by atoms with Gasteiger partial charge in [-0.05, 0) is 29.4 Å². The highest BCUT2D eigenvalue weighted by molar-refractivity contribution is 5.73. The number of carbonyl (C=O) groups is 5. The summed E-state index contributed by atoms with van der Waals surface area (Å²) in [7, 11) is 0. The van der Waals surface area contributed by atoms with Crippen LogP contribution < -0.4 is 0 Å². The van der Waals surface area contributed by atoms with Gasteiger partial charge < -0.3 is 25.5 Å². The van der Waals surface area contributed by atoms with Gasteiger partial charge in [0.1, 0.15) is 0 Å². The lowest BCUT2D eigenvalue weighted by atomic mass is 9.87. The predicted octanol–water partition coefficient (Wildman–Crippen LogP) is 0.515. The van der Waals surface area contributed by atoms with Crippen LogP contribution in [0.3, 0.4) is 0 Å². The summed E-state index contributed by atoms with van der Waals surface area (Å²) in [4.78, 5) is 60.7. The van der Waals surface area contributed by atoms with Gasteiger partial charge in [0.25, 0.3) is 0 Å². The summed E-state index contributed by atoms with van der Waals surface area (Å²) in [6, 6.07) is 6.91. The fourth-order valence-electron chi connectivity index (χ4n) is 4.25. The van der Waals surface area contributed by atoms with E-state index in [9.17, 15) is 39.3 Å². The van der Waals surface area contributed by atoms with E-state index < -0.39 is 68.6 Å². The second-order valence-electron chi connectivity index (χ2n) is 10.7. The molecule has 0 amide bonds. The van der Waals surface area contributed by atoms with Crippen LogP contribution in [0.25, 0.3) is 0 Å². The van der Waals surface area contributed by atoms with E-state index in [1.165, 1.54) is 9.80 Å². The highest BCUT2D eigenvalue weighted by Crippen LogP contribution is 2.21. The number of nitrogens with zero attached hydrogens (tertiary/aromatic N) is 3. The van der Waals surface area contributed by atoms with Crippen molar-refractivity contribution in [3.63, 3.8) is 0 Å². The number of carboxylic acids is 5. The molecule has 0 spiro atoms. The number of carboxylic acid groups (broad SMARTS) is 5. The number of hydrogen-bond donors (Lipinski definition) is 5. The van der Waals surface area contributed by atoms with Crippen molar-refractivity contribution in [3.8, 4) is 0 Å². The average Bonchev–Trinajstić information content (AvgIpc) is 2.74. The standard InChI is InChI=1S/C26H39N3O10/c1-26(2,3)11-19-6-4-18(5-7-19)10-20(29(16-24(36)37)17-25(38)39)12-27(13-21(30)31)8-9-28(14-22(32)33)15-23(34)35/h4-7,20H,8-17H2,1-3H3,(H,30,31)(H,32,33)(H,34,35)(H,36,37)(H,38,39). The smallest absolute Gasteiger partial charge is 0.317 e. The van der Waals surface area contributed by atoms with Gasteiger partial charge in [0.2, 0.25) is 0 Å². The Morgan fingerprint density at radius 1 is 0.641 bits per heavy atom. The third-order valence-electron chi connectivity index (χ3n) is 5.70. The normalized spacial score (nSPS) is 12.6. The predicted molar refractivity (Wildman–Crippen MR) is 140 cm³/mol. The molecule has 13 heteroatoms. The molecule has 0 aliphatic heterocycles. The van der Waals surface area contributed by atoms with E-state index in [1.807, 2.05) is 24.3 Å². The summed E-state index contributed by atoms with van der Waals surface area (Å²) in [5, 5.41) is 46.4. The topological polar surface area (TPSA) is 196 Å². The van der Waals surface area contributed by atoms with Crippen LogP contribution in [0.5, 0.6) is 0 Å². The zero-order valence-electron chi connectivity index (χ0n) is 22.6. The van der Waals surface area contributed by atoms with Crippen molar-refractivity contribution in [2.45, 2.75) is 39.7 Å². The average molecular weight is 554 g/mol. The zero-order chi connectivity index (χ0) is 29.8. The highest BCUT2D eigenvalue weighted by atomic mass is 16.4. The van der Waals surface area contributed by atoms with Gasteiger partial charge in [-0.25, -0.2) is 0 Å². The van der Waals surface area contributed by atoms with Crippen LogP contribution in [0.15, 0.2) is 24.3 Å². The Labute approximate surface area is 227 Å². The first-order valence-electron chi connectivity index (χ1n) is 12.4. The lowest BCUT2D eigenvalue weighted by Crippen LogP contribution is -2.51. The number of benzene rings is 1. The number of rotatable bonds is 19. The molecule has 0 aliphatic carbocycles. The molecule has 1 atom stereocenters. The molecule has 218 valence electrons. The van der Waals surface area contributed by atoms with Crippen molar-refractivity contribution in [1.29, 1.82) is 0 Å². The van der Waals surface area contributed by atoms with Crippen LogP contribution in [0, 0.1) is 5.41 Å². The third-order valence-corrected chi connectivity index (χ3v) is 5.70. The Balaban J connectivity index is 3.24. The van der Waals surface area contributed by atoms with Crippen LogP contribution in [0.4, 0.5) is 0 Å². The second kappa shape index (κ2) is 15.8. The Morgan fingerprint density at radius 3 is 1.44 bits per heavy atom. The molecule has 1 unspecified atom stereocenters. The van der Waals surface area contributed by atoms with Crippen LogP contribution in [-0.4, -0.2) is 128 Å². The Kier molecular flexibility index (Phi) is 13.5. The minimum absolute atomic E-state index is 0.0398. The van der Waals surface area contributed by atoms with E-state index in [2.05, 4.69) is 20.8 Å². The summed E-state index contributed by atoms with van der Waals surface area (Å²) in [5.41, 5.74) is 1.96. The number of hydrogen-bond acceptors (Lipinski definition) is 8. The first kappa shape index (κ1) is 33.5. The lowest BCUT2D eigenvalue weighted by molar-refractivity contribution is -0.144. The number of aliphatic carboxylic acids is 5. The first-order chi connectivity index (χ1) is 18.0. The fraction of sp³-hybridized carbons (Fsp3) is 0.577. The van der Waals surface area contributed by atoms with E-state index in [4.69, 9.17) is 10.2 Å². The van der Waals surface area contributed by atoms with Gasteiger partial charge in [-0.3, -0.25) is 38.7 Å². The van der Waals surface area contributed by atoms with Crippen LogP contribution in [0.2, 0.25) is 0 Å². The summed E-state index contributed by atoms with van der Waals surface area (Å²) < 4.78 is 0. The summed E-state index contributed by atoms with van der Waals surface area (Å²) in [5.74, 6) is -6.20. The van der Waals surface area contributed by atoms with E-state index >= 15 is 0 Å². The van der Waals surface area contributed by atoms with Crippen molar-refractivity contribution < 1.29 is 49.5 Å². The maximum atomic E-state index is 11.6. The van der Waals surface area contributed by atoms with Crippen molar-refractivity contribution in [2.24, 2.45) is 5.41 Å². The van der Waals surface area contributed by atoms with Crippen molar-refractivity contribution in [2.75, 3.05) is 52.4 Å². The minimum Gasteiger partial charge on any atom is -0.480 e. The molecule has 39 heavy (non-hydrogen) atoms. The van der Waals surface area contributed by atoms with E-state index in [1.54, 1.807) is 0 Å². The van der Waals surface area contributed by atoms with Crippen molar-refractivity contribution >= 4 is 29.8 Å². The van der Waals surface area contributed by atoms with Gasteiger partial charge in [-0.2, -0.15) is 0 Å². The minimum atomic E-state index is -1.25. The Bertz CT molecular complexity index is 959. The summed E-state index contributed by atoms with van der Waals surface area (Å²) >= 11 is 0.